The number of hydrogen-bond acceptors (Lipinski definition) is 6. The average Bonchev–Trinajstić information content (AvgIpc) is 2.70. The minimum absolute atomic E-state index is 0.0291. The van der Waals surface area contributed by atoms with E-state index in [1.54, 1.807) is 12.1 Å². The summed E-state index contributed by atoms with van der Waals surface area (Å²) in [6, 6.07) is 11.8. The fourth-order valence-corrected chi connectivity index (χ4v) is 4.78. The Hall–Kier alpha value is -2.29. The molecule has 29 heavy (non-hydrogen) atoms. The van der Waals surface area contributed by atoms with Gasteiger partial charge >= 0.3 is 0 Å². The van der Waals surface area contributed by atoms with Crippen molar-refractivity contribution in [3.8, 4) is 11.5 Å². The molecule has 0 radical (unpaired) electrons. The summed E-state index contributed by atoms with van der Waals surface area (Å²) in [5.74, 6) is 0.604. The first-order valence-corrected chi connectivity index (χ1v) is 11.3. The molecule has 2 aromatic rings. The lowest BCUT2D eigenvalue weighted by molar-refractivity contribution is -0.121. The topological polar surface area (TPSA) is 84.9 Å². The molecule has 1 amide bonds. The molecule has 156 valence electrons. The van der Waals surface area contributed by atoms with Crippen LogP contribution in [0.5, 0.6) is 11.5 Å². The Morgan fingerprint density at radius 3 is 2.28 bits per heavy atom. The summed E-state index contributed by atoms with van der Waals surface area (Å²) in [5, 5.41) is 3.21. The highest BCUT2D eigenvalue weighted by atomic mass is 35.5. The molecular formula is C20H23ClN2O5S. The van der Waals surface area contributed by atoms with Crippen LogP contribution in [0.3, 0.4) is 0 Å². The van der Waals surface area contributed by atoms with Crippen molar-refractivity contribution in [1.82, 2.24) is 4.90 Å². The van der Waals surface area contributed by atoms with E-state index >= 15 is 0 Å². The molecule has 1 fully saturated rings. The second-order valence-corrected chi connectivity index (χ2v) is 9.39. The lowest BCUT2D eigenvalue weighted by Gasteiger charge is -2.33. The van der Waals surface area contributed by atoms with Crippen LogP contribution in [0.1, 0.15) is 11.6 Å². The van der Waals surface area contributed by atoms with Crippen LogP contribution in [0.4, 0.5) is 5.69 Å². The van der Waals surface area contributed by atoms with Crippen LogP contribution in [-0.2, 0) is 14.6 Å². The van der Waals surface area contributed by atoms with Crippen molar-refractivity contribution in [1.29, 1.82) is 0 Å². The molecule has 1 unspecified atom stereocenters. The monoisotopic (exact) mass is 438 g/mol. The summed E-state index contributed by atoms with van der Waals surface area (Å²) in [4.78, 5) is 15.2. The van der Waals surface area contributed by atoms with E-state index in [0.717, 1.165) is 5.56 Å². The third-order valence-corrected chi connectivity index (χ3v) is 6.74. The number of ether oxygens (including phenoxy) is 2. The van der Waals surface area contributed by atoms with Gasteiger partial charge in [-0.05, 0) is 11.6 Å². The van der Waals surface area contributed by atoms with Crippen LogP contribution >= 0.6 is 11.6 Å². The molecule has 1 N–H and O–H groups in total. The lowest BCUT2D eigenvalue weighted by atomic mass is 10.0. The molecule has 3 rings (SSSR count). The number of carbonyl (C=O) groups is 1. The molecule has 1 heterocycles. The minimum atomic E-state index is -3.06. The highest BCUT2D eigenvalue weighted by Gasteiger charge is 2.33. The van der Waals surface area contributed by atoms with Gasteiger partial charge in [0.05, 0.1) is 36.4 Å². The molecule has 7 nitrogen and oxygen atoms in total. The maximum atomic E-state index is 13.3. The lowest BCUT2D eigenvalue weighted by Crippen LogP contribution is -2.46. The number of rotatable bonds is 6. The fourth-order valence-electron chi connectivity index (χ4n) is 3.31. The largest absolute Gasteiger partial charge is 0.495 e. The Labute approximate surface area is 175 Å². The number of nitrogens with zero attached hydrogens (tertiary/aromatic N) is 1. The third-order valence-electron chi connectivity index (χ3n) is 4.84. The van der Waals surface area contributed by atoms with E-state index in [9.17, 15) is 13.2 Å². The Bertz CT molecular complexity index is 968. The number of methoxy groups -OCH3 is 2. The maximum absolute atomic E-state index is 13.3. The summed E-state index contributed by atoms with van der Waals surface area (Å²) in [5.41, 5.74) is 1.19. The van der Waals surface area contributed by atoms with Gasteiger partial charge in [0, 0.05) is 19.2 Å². The number of anilines is 1. The first-order chi connectivity index (χ1) is 13.8. The molecule has 0 saturated carbocycles. The molecule has 2 aromatic carbocycles. The Morgan fingerprint density at radius 1 is 1.07 bits per heavy atom. The van der Waals surface area contributed by atoms with Gasteiger partial charge in [-0.15, -0.1) is 0 Å². The highest BCUT2D eigenvalue weighted by Crippen LogP contribution is 2.36. The fraction of sp³-hybridized carbons (Fsp3) is 0.350. The van der Waals surface area contributed by atoms with E-state index in [2.05, 4.69) is 5.32 Å². The van der Waals surface area contributed by atoms with Gasteiger partial charge in [0.2, 0.25) is 5.91 Å². The van der Waals surface area contributed by atoms with Crippen LogP contribution in [-0.4, -0.2) is 58.0 Å². The van der Waals surface area contributed by atoms with Crippen LogP contribution in [0.2, 0.25) is 5.02 Å². The average molecular weight is 439 g/mol. The van der Waals surface area contributed by atoms with E-state index in [1.165, 1.54) is 14.2 Å². The van der Waals surface area contributed by atoms with Crippen molar-refractivity contribution < 1.29 is 22.7 Å². The van der Waals surface area contributed by atoms with Gasteiger partial charge < -0.3 is 14.8 Å². The van der Waals surface area contributed by atoms with Gasteiger partial charge in [0.15, 0.2) is 9.84 Å². The normalized spacial score (nSPS) is 17.3. The molecule has 1 aliphatic rings. The molecule has 0 aliphatic carbocycles. The van der Waals surface area contributed by atoms with Crippen LogP contribution in [0, 0.1) is 0 Å². The van der Waals surface area contributed by atoms with Gasteiger partial charge in [-0.1, -0.05) is 41.9 Å². The number of sulfone groups is 1. The number of hydrogen-bond donors (Lipinski definition) is 1. The first-order valence-electron chi connectivity index (χ1n) is 9.06. The number of amides is 1. The smallest absolute Gasteiger partial charge is 0.246 e. The molecule has 0 bridgehead atoms. The van der Waals surface area contributed by atoms with Crippen molar-refractivity contribution in [2.45, 2.75) is 6.04 Å². The Morgan fingerprint density at radius 2 is 1.69 bits per heavy atom. The van der Waals surface area contributed by atoms with Crippen LogP contribution in [0.15, 0.2) is 42.5 Å². The standard InChI is InChI=1S/C20H23ClN2O5S/c1-27-17-13-18(28-2)16(12-15(17)21)22-20(24)19(14-6-4-3-5-7-14)23-8-10-29(25,26)11-9-23/h3-7,12-13,19H,8-11H2,1-2H3,(H,22,24). The Balaban J connectivity index is 1.91. The molecule has 9 heteroatoms. The van der Waals surface area contributed by atoms with Gasteiger partial charge in [0.25, 0.3) is 0 Å². The Kier molecular flexibility index (Phi) is 6.66. The zero-order valence-corrected chi connectivity index (χ0v) is 17.8. The molecule has 1 aliphatic heterocycles. The quantitative estimate of drug-likeness (QED) is 0.746. The van der Waals surface area contributed by atoms with Crippen LogP contribution in [0.25, 0.3) is 0 Å². The highest BCUT2D eigenvalue weighted by molar-refractivity contribution is 7.91. The van der Waals surface area contributed by atoms with Crippen molar-refractivity contribution in [3.05, 3.63) is 53.1 Å². The van der Waals surface area contributed by atoms with E-state index in [-0.39, 0.29) is 30.5 Å². The predicted octanol–water partition coefficient (Wildman–Crippen LogP) is 2.77. The molecular weight excluding hydrogens is 416 g/mol. The van der Waals surface area contributed by atoms with E-state index in [0.29, 0.717) is 22.2 Å². The summed E-state index contributed by atoms with van der Waals surface area (Å²) < 4.78 is 34.2. The van der Waals surface area contributed by atoms with Gasteiger partial charge in [-0.3, -0.25) is 9.69 Å². The second-order valence-electron chi connectivity index (χ2n) is 6.68. The van der Waals surface area contributed by atoms with Gasteiger partial charge in [-0.2, -0.15) is 0 Å². The summed E-state index contributed by atoms with van der Waals surface area (Å²) in [6.45, 7) is 0.575. The first kappa shape index (κ1) is 21.4. The van der Waals surface area contributed by atoms with E-state index in [1.807, 2.05) is 35.2 Å². The molecule has 1 atom stereocenters. The number of carbonyl (C=O) groups excluding carboxylic acids is 1. The maximum Gasteiger partial charge on any atom is 0.246 e. The predicted molar refractivity (Wildman–Crippen MR) is 113 cm³/mol. The second kappa shape index (κ2) is 9.02. The van der Waals surface area contributed by atoms with E-state index in [4.69, 9.17) is 21.1 Å². The van der Waals surface area contributed by atoms with Gasteiger partial charge in [0.1, 0.15) is 17.5 Å². The van der Waals surface area contributed by atoms with Crippen molar-refractivity contribution >= 4 is 33.0 Å². The van der Waals surface area contributed by atoms with Crippen molar-refractivity contribution in [2.24, 2.45) is 0 Å². The summed E-state index contributed by atoms with van der Waals surface area (Å²) >= 11 is 6.21. The molecule has 0 spiro atoms. The summed E-state index contributed by atoms with van der Waals surface area (Å²) in [6.07, 6.45) is 0. The number of nitrogens with one attached hydrogen (secondary N) is 1. The SMILES string of the molecule is COc1cc(OC)c(NC(=O)C(c2ccccc2)N2CCS(=O)(=O)CC2)cc1Cl. The molecule has 1 saturated heterocycles. The minimum Gasteiger partial charge on any atom is -0.495 e. The van der Waals surface area contributed by atoms with Crippen molar-refractivity contribution in [2.75, 3.05) is 44.1 Å². The number of halogens is 1. The zero-order chi connectivity index (χ0) is 21.0. The number of benzene rings is 2. The molecule has 0 aromatic heterocycles. The third kappa shape index (κ3) is 5.01. The van der Waals surface area contributed by atoms with Crippen LogP contribution < -0.4 is 14.8 Å². The van der Waals surface area contributed by atoms with Gasteiger partial charge in [-0.25, -0.2) is 8.42 Å². The van der Waals surface area contributed by atoms with Crippen molar-refractivity contribution in [3.63, 3.8) is 0 Å². The zero-order valence-electron chi connectivity index (χ0n) is 16.2. The van der Waals surface area contributed by atoms with E-state index < -0.39 is 15.9 Å². The summed E-state index contributed by atoms with van der Waals surface area (Å²) in [7, 11) is -0.0813.